The Morgan fingerprint density at radius 3 is 2.62 bits per heavy atom. The molecule has 0 amide bonds. The lowest BCUT2D eigenvalue weighted by Gasteiger charge is -2.08. The molecule has 0 aliphatic heterocycles. The lowest BCUT2D eigenvalue weighted by Crippen LogP contribution is -2.00. The first-order chi connectivity index (χ1) is 10.1. The number of hydrogen-bond donors (Lipinski definition) is 1. The molecule has 0 unspecified atom stereocenters. The summed E-state index contributed by atoms with van der Waals surface area (Å²) in [5, 5.41) is 14.0. The molecule has 3 nitrogen and oxygen atoms in total. The smallest absolute Gasteiger partial charge is 0.344 e. The maximum atomic E-state index is 12.2. The predicted octanol–water partition coefficient (Wildman–Crippen LogP) is 4.46. The van der Waals surface area contributed by atoms with Crippen LogP contribution in [0.15, 0.2) is 57.7 Å². The summed E-state index contributed by atoms with van der Waals surface area (Å²) in [7, 11) is 0. The molecule has 0 aliphatic rings. The minimum atomic E-state index is -0.471. The van der Waals surface area contributed by atoms with Crippen LogP contribution in [0.5, 0.6) is 5.75 Å². The second-order valence-electron chi connectivity index (χ2n) is 4.90. The molecular formula is C17H9ClO3. The van der Waals surface area contributed by atoms with Crippen molar-refractivity contribution in [1.29, 1.82) is 0 Å². The lowest BCUT2D eigenvalue weighted by molar-refractivity contribution is 0.487. The van der Waals surface area contributed by atoms with Crippen molar-refractivity contribution in [3.63, 3.8) is 0 Å². The van der Waals surface area contributed by atoms with Crippen molar-refractivity contribution in [3.05, 3.63) is 64.0 Å². The van der Waals surface area contributed by atoms with Crippen LogP contribution in [0.2, 0.25) is 5.02 Å². The molecule has 0 atom stereocenters. The Labute approximate surface area is 124 Å². The number of benzene rings is 3. The zero-order valence-electron chi connectivity index (χ0n) is 10.8. The molecule has 4 heteroatoms. The molecule has 0 saturated heterocycles. The standard InChI is InChI=1S/C17H9ClO3/c18-10-5-6-14-12(8-10)15-13(17(20)21-14)7-9-3-1-2-4-11(9)16(15)19/h1-8,19H. The highest BCUT2D eigenvalue weighted by Crippen LogP contribution is 2.37. The Morgan fingerprint density at radius 2 is 1.76 bits per heavy atom. The van der Waals surface area contributed by atoms with E-state index in [1.54, 1.807) is 24.3 Å². The summed E-state index contributed by atoms with van der Waals surface area (Å²) < 4.78 is 5.31. The third-order valence-corrected chi connectivity index (χ3v) is 3.89. The van der Waals surface area contributed by atoms with Gasteiger partial charge in [0, 0.05) is 21.2 Å². The van der Waals surface area contributed by atoms with Gasteiger partial charge in [0.15, 0.2) is 0 Å². The maximum Gasteiger partial charge on any atom is 0.344 e. The summed E-state index contributed by atoms with van der Waals surface area (Å²) in [6.45, 7) is 0. The van der Waals surface area contributed by atoms with Crippen LogP contribution in [-0.4, -0.2) is 5.11 Å². The molecule has 4 aromatic rings. The second kappa shape index (κ2) is 4.24. The fraction of sp³-hybridized carbons (Fsp3) is 0. The molecule has 1 N–H and O–H groups in total. The third kappa shape index (κ3) is 1.71. The van der Waals surface area contributed by atoms with Gasteiger partial charge in [-0.15, -0.1) is 0 Å². The van der Waals surface area contributed by atoms with Gasteiger partial charge in [-0.25, -0.2) is 4.79 Å². The summed E-state index contributed by atoms with van der Waals surface area (Å²) in [5.41, 5.74) is -0.0663. The Hall–Kier alpha value is -2.52. The molecule has 0 radical (unpaired) electrons. The highest BCUT2D eigenvalue weighted by atomic mass is 35.5. The van der Waals surface area contributed by atoms with Gasteiger partial charge in [0.1, 0.15) is 11.3 Å². The minimum Gasteiger partial charge on any atom is -0.507 e. The van der Waals surface area contributed by atoms with E-state index in [2.05, 4.69) is 0 Å². The van der Waals surface area contributed by atoms with Crippen LogP contribution >= 0.6 is 11.6 Å². The van der Waals surface area contributed by atoms with Gasteiger partial charge in [0.25, 0.3) is 0 Å². The third-order valence-electron chi connectivity index (χ3n) is 3.66. The van der Waals surface area contributed by atoms with E-state index < -0.39 is 5.63 Å². The van der Waals surface area contributed by atoms with Crippen molar-refractivity contribution < 1.29 is 9.52 Å². The van der Waals surface area contributed by atoms with Gasteiger partial charge in [-0.1, -0.05) is 35.9 Å². The van der Waals surface area contributed by atoms with Crippen LogP contribution in [0.25, 0.3) is 32.5 Å². The zero-order chi connectivity index (χ0) is 14.6. The van der Waals surface area contributed by atoms with Crippen LogP contribution in [0, 0.1) is 0 Å². The highest BCUT2D eigenvalue weighted by Gasteiger charge is 2.14. The van der Waals surface area contributed by atoms with Gasteiger partial charge in [-0.2, -0.15) is 0 Å². The number of rotatable bonds is 0. The van der Waals surface area contributed by atoms with Gasteiger partial charge in [0.05, 0.1) is 5.39 Å². The number of halogens is 1. The summed E-state index contributed by atoms with van der Waals surface area (Å²) in [5.74, 6) is 0.0725. The topological polar surface area (TPSA) is 50.4 Å². The maximum absolute atomic E-state index is 12.2. The monoisotopic (exact) mass is 296 g/mol. The lowest BCUT2D eigenvalue weighted by atomic mass is 10.0. The Morgan fingerprint density at radius 1 is 0.952 bits per heavy atom. The predicted molar refractivity (Wildman–Crippen MR) is 84.2 cm³/mol. The summed E-state index contributed by atoms with van der Waals surface area (Å²) >= 11 is 6.03. The highest BCUT2D eigenvalue weighted by molar-refractivity contribution is 6.32. The van der Waals surface area contributed by atoms with E-state index in [0.717, 1.165) is 5.39 Å². The molecule has 0 bridgehead atoms. The van der Waals surface area contributed by atoms with E-state index in [0.29, 0.717) is 32.2 Å². The van der Waals surface area contributed by atoms with Crippen molar-refractivity contribution >= 4 is 44.1 Å². The first kappa shape index (κ1) is 12.2. The first-order valence-electron chi connectivity index (χ1n) is 6.42. The first-order valence-corrected chi connectivity index (χ1v) is 6.80. The summed E-state index contributed by atoms with van der Waals surface area (Å²) in [6.07, 6.45) is 0. The van der Waals surface area contributed by atoms with Crippen LogP contribution in [0.1, 0.15) is 0 Å². The fourth-order valence-electron chi connectivity index (χ4n) is 2.70. The van der Waals surface area contributed by atoms with Gasteiger partial charge in [-0.05, 0) is 29.7 Å². The van der Waals surface area contributed by atoms with E-state index in [1.165, 1.54) is 0 Å². The SMILES string of the molecule is O=c1oc2ccc(Cl)cc2c2c(O)c3ccccc3cc12. The fourth-order valence-corrected chi connectivity index (χ4v) is 2.88. The van der Waals surface area contributed by atoms with Crippen molar-refractivity contribution in [2.24, 2.45) is 0 Å². The number of hydrogen-bond acceptors (Lipinski definition) is 3. The van der Waals surface area contributed by atoms with Crippen molar-refractivity contribution in [2.75, 3.05) is 0 Å². The number of fused-ring (bicyclic) bond motifs is 4. The van der Waals surface area contributed by atoms with Gasteiger partial charge >= 0.3 is 5.63 Å². The Kier molecular flexibility index (Phi) is 2.47. The molecule has 4 rings (SSSR count). The van der Waals surface area contributed by atoms with Crippen LogP contribution in [0.3, 0.4) is 0 Å². The van der Waals surface area contributed by atoms with Crippen molar-refractivity contribution in [2.45, 2.75) is 0 Å². The number of phenolic OH excluding ortho intramolecular Hbond substituents is 1. The van der Waals surface area contributed by atoms with E-state index >= 15 is 0 Å². The average molecular weight is 297 g/mol. The molecule has 0 fully saturated rings. The molecule has 1 heterocycles. The molecule has 3 aromatic carbocycles. The Bertz CT molecular complexity index is 1080. The van der Waals surface area contributed by atoms with Crippen LogP contribution in [-0.2, 0) is 0 Å². The molecule has 1 aromatic heterocycles. The van der Waals surface area contributed by atoms with Gasteiger partial charge < -0.3 is 9.52 Å². The Balaban J connectivity index is 2.38. The van der Waals surface area contributed by atoms with Gasteiger partial charge in [0.2, 0.25) is 0 Å². The summed E-state index contributed by atoms with van der Waals surface area (Å²) in [6, 6.07) is 14.1. The molecule has 21 heavy (non-hydrogen) atoms. The molecule has 102 valence electrons. The second-order valence-corrected chi connectivity index (χ2v) is 5.34. The van der Waals surface area contributed by atoms with E-state index in [9.17, 15) is 9.90 Å². The number of aromatic hydroxyl groups is 1. The van der Waals surface area contributed by atoms with E-state index in [4.69, 9.17) is 16.0 Å². The van der Waals surface area contributed by atoms with Crippen molar-refractivity contribution in [3.8, 4) is 5.75 Å². The molecule has 0 saturated carbocycles. The quantitative estimate of drug-likeness (QED) is 0.296. The van der Waals surface area contributed by atoms with Gasteiger partial charge in [-0.3, -0.25) is 0 Å². The normalized spacial score (nSPS) is 11.5. The van der Waals surface area contributed by atoms with Crippen LogP contribution < -0.4 is 5.63 Å². The zero-order valence-corrected chi connectivity index (χ0v) is 11.5. The summed E-state index contributed by atoms with van der Waals surface area (Å²) in [4.78, 5) is 12.2. The molecular weight excluding hydrogens is 288 g/mol. The van der Waals surface area contributed by atoms with Crippen LogP contribution in [0.4, 0.5) is 0 Å². The minimum absolute atomic E-state index is 0.0725. The average Bonchev–Trinajstić information content (AvgIpc) is 2.48. The van der Waals surface area contributed by atoms with E-state index in [1.807, 2.05) is 24.3 Å². The van der Waals surface area contributed by atoms with Crippen molar-refractivity contribution in [1.82, 2.24) is 0 Å². The number of phenols is 1. The molecule has 0 aliphatic carbocycles. The largest absolute Gasteiger partial charge is 0.507 e. The molecule has 0 spiro atoms. The van der Waals surface area contributed by atoms with E-state index in [-0.39, 0.29) is 5.75 Å².